The van der Waals surface area contributed by atoms with Crippen molar-refractivity contribution in [1.82, 2.24) is 0 Å². The second-order valence-electron chi connectivity index (χ2n) is 4.23. The van der Waals surface area contributed by atoms with Crippen molar-refractivity contribution >= 4 is 23.2 Å². The maximum absolute atomic E-state index is 5.73. The van der Waals surface area contributed by atoms with Gasteiger partial charge >= 0.3 is 0 Å². The summed E-state index contributed by atoms with van der Waals surface area (Å²) in [6.07, 6.45) is 0.286. The lowest BCUT2D eigenvalue weighted by molar-refractivity contribution is -0.221. The molecule has 0 amide bonds. The normalized spacial score (nSPS) is 40.8. The first-order valence-electron chi connectivity index (χ1n) is 4.99. The molecule has 0 aliphatic carbocycles. The Kier molecular flexibility index (Phi) is 3.50. The lowest BCUT2D eigenvalue weighted by Crippen LogP contribution is -2.30. The van der Waals surface area contributed by atoms with Crippen LogP contribution in [0.5, 0.6) is 0 Å². The average molecular weight is 269 g/mol. The van der Waals surface area contributed by atoms with Crippen LogP contribution in [0.1, 0.15) is 13.8 Å². The smallest absolute Gasteiger partial charge is 0.187 e. The van der Waals surface area contributed by atoms with Crippen LogP contribution in [-0.4, -0.2) is 37.5 Å². The predicted octanol–water partition coefficient (Wildman–Crippen LogP) is 2.20. The summed E-state index contributed by atoms with van der Waals surface area (Å²) >= 11 is 11.2. The molecule has 92 valence electrons. The first-order chi connectivity index (χ1) is 7.43. The molecule has 4 atom stereocenters. The molecule has 6 heteroatoms. The number of fused-ring (bicyclic) bond motifs is 1. The molecule has 2 aliphatic rings. The van der Waals surface area contributed by atoms with Crippen LogP contribution in [-0.2, 0) is 18.9 Å². The van der Waals surface area contributed by atoms with Crippen LogP contribution in [0.2, 0.25) is 0 Å². The van der Waals surface area contributed by atoms with Crippen molar-refractivity contribution in [3.05, 3.63) is 10.6 Å². The van der Waals surface area contributed by atoms with E-state index in [1.807, 2.05) is 13.8 Å². The molecule has 0 aromatic rings. The van der Waals surface area contributed by atoms with E-state index in [0.717, 1.165) is 0 Å². The highest BCUT2D eigenvalue weighted by atomic mass is 35.5. The molecule has 4 nitrogen and oxygen atoms in total. The van der Waals surface area contributed by atoms with Crippen LogP contribution in [0.3, 0.4) is 0 Å². The van der Waals surface area contributed by atoms with E-state index >= 15 is 0 Å². The zero-order valence-corrected chi connectivity index (χ0v) is 10.8. The van der Waals surface area contributed by atoms with Crippen molar-refractivity contribution in [3.63, 3.8) is 0 Å². The van der Waals surface area contributed by atoms with Crippen LogP contribution < -0.4 is 0 Å². The number of methoxy groups -OCH3 is 1. The number of rotatable bonds is 2. The van der Waals surface area contributed by atoms with E-state index < -0.39 is 12.1 Å². The van der Waals surface area contributed by atoms with Crippen molar-refractivity contribution in [2.45, 2.75) is 44.2 Å². The number of hydrogen-bond acceptors (Lipinski definition) is 4. The van der Waals surface area contributed by atoms with Crippen LogP contribution in [0.4, 0.5) is 0 Å². The number of ether oxygens (including phenoxy) is 4. The molecule has 2 rings (SSSR count). The van der Waals surface area contributed by atoms with E-state index in [0.29, 0.717) is 0 Å². The Morgan fingerprint density at radius 1 is 1.25 bits per heavy atom. The van der Waals surface area contributed by atoms with Crippen molar-refractivity contribution < 1.29 is 18.9 Å². The summed E-state index contributed by atoms with van der Waals surface area (Å²) in [5.74, 6) is -0.638. The minimum Gasteiger partial charge on any atom is -0.353 e. The van der Waals surface area contributed by atoms with Gasteiger partial charge in [0.15, 0.2) is 12.1 Å². The highest BCUT2D eigenvalue weighted by molar-refractivity contribution is 6.55. The van der Waals surface area contributed by atoms with Gasteiger partial charge in [0.1, 0.15) is 22.8 Å². The number of halogens is 2. The van der Waals surface area contributed by atoms with E-state index in [-0.39, 0.29) is 22.8 Å². The van der Waals surface area contributed by atoms with Gasteiger partial charge in [-0.1, -0.05) is 23.2 Å². The summed E-state index contributed by atoms with van der Waals surface area (Å²) in [6.45, 7) is 3.70. The summed E-state index contributed by atoms with van der Waals surface area (Å²) in [7, 11) is 1.56. The summed E-state index contributed by atoms with van der Waals surface area (Å²) in [6, 6.07) is 0. The zero-order valence-electron chi connectivity index (χ0n) is 9.28. The fourth-order valence-electron chi connectivity index (χ4n) is 2.04. The fraction of sp³-hybridized carbons (Fsp3) is 0.800. The molecule has 0 aromatic carbocycles. The third kappa shape index (κ3) is 2.37. The molecule has 0 spiro atoms. The molecule has 0 unspecified atom stereocenters. The minimum atomic E-state index is -0.638. The first-order valence-corrected chi connectivity index (χ1v) is 5.75. The summed E-state index contributed by atoms with van der Waals surface area (Å²) in [4.78, 5) is 0. The molecular formula is C10H14Cl2O4. The third-order valence-corrected chi connectivity index (χ3v) is 2.82. The molecule has 0 bridgehead atoms. The summed E-state index contributed by atoms with van der Waals surface area (Å²) in [5.41, 5.74) is 0. The highest BCUT2D eigenvalue weighted by Crippen LogP contribution is 2.39. The second kappa shape index (κ2) is 4.44. The van der Waals surface area contributed by atoms with Crippen LogP contribution in [0.15, 0.2) is 10.6 Å². The van der Waals surface area contributed by atoms with Gasteiger partial charge in [-0.25, -0.2) is 0 Å². The Hall–Kier alpha value is 0.160. The molecule has 0 aromatic heterocycles. The van der Waals surface area contributed by atoms with Gasteiger partial charge in [-0.3, -0.25) is 0 Å². The Morgan fingerprint density at radius 2 is 1.88 bits per heavy atom. The van der Waals surface area contributed by atoms with Gasteiger partial charge in [0, 0.05) is 7.11 Å². The quantitative estimate of drug-likeness (QED) is 0.770. The largest absolute Gasteiger partial charge is 0.353 e. The Balaban J connectivity index is 2.17. The van der Waals surface area contributed by atoms with Crippen LogP contribution in [0.25, 0.3) is 0 Å². The lowest BCUT2D eigenvalue weighted by atomic mass is 10.1. The molecule has 0 N–H and O–H groups in total. The van der Waals surface area contributed by atoms with Gasteiger partial charge in [-0.2, -0.15) is 0 Å². The molecule has 2 fully saturated rings. The monoisotopic (exact) mass is 268 g/mol. The van der Waals surface area contributed by atoms with Gasteiger partial charge in [-0.15, -0.1) is 0 Å². The molecule has 2 saturated heterocycles. The van der Waals surface area contributed by atoms with Crippen molar-refractivity contribution in [2.24, 2.45) is 0 Å². The van der Waals surface area contributed by atoms with E-state index in [1.165, 1.54) is 0 Å². The van der Waals surface area contributed by atoms with E-state index in [9.17, 15) is 0 Å². The van der Waals surface area contributed by atoms with E-state index in [4.69, 9.17) is 42.1 Å². The highest BCUT2D eigenvalue weighted by Gasteiger charge is 2.54. The molecular weight excluding hydrogens is 255 g/mol. The fourth-order valence-corrected chi connectivity index (χ4v) is 2.29. The molecule has 16 heavy (non-hydrogen) atoms. The van der Waals surface area contributed by atoms with Crippen LogP contribution in [0, 0.1) is 0 Å². The topological polar surface area (TPSA) is 36.9 Å². The Labute approximate surface area is 104 Å². The standard InChI is InChI=1S/C10H14Cl2O4/c1-10(2)15-7-5(4-6(11)12)14-9(13-3)8(7)16-10/h4-5,7-9H,1-3H3/t5-,7-,8-,9-/m1/s1. The zero-order chi connectivity index (χ0) is 11.9. The first kappa shape index (κ1) is 12.6. The van der Waals surface area contributed by atoms with Crippen molar-refractivity contribution in [3.8, 4) is 0 Å². The summed E-state index contributed by atoms with van der Waals surface area (Å²) in [5, 5.41) is 0. The number of hydrogen-bond donors (Lipinski definition) is 0. The minimum absolute atomic E-state index is 0.147. The molecule has 0 radical (unpaired) electrons. The van der Waals surface area contributed by atoms with Gasteiger partial charge < -0.3 is 18.9 Å². The van der Waals surface area contributed by atoms with E-state index in [1.54, 1.807) is 13.2 Å². The maximum atomic E-state index is 5.73. The van der Waals surface area contributed by atoms with Gasteiger partial charge in [0.25, 0.3) is 0 Å². The van der Waals surface area contributed by atoms with E-state index in [2.05, 4.69) is 0 Å². The predicted molar refractivity (Wildman–Crippen MR) is 59.3 cm³/mol. The Morgan fingerprint density at radius 3 is 2.44 bits per heavy atom. The lowest BCUT2D eigenvalue weighted by Gasteiger charge is -2.22. The van der Waals surface area contributed by atoms with Gasteiger partial charge in [0.2, 0.25) is 0 Å². The summed E-state index contributed by atoms with van der Waals surface area (Å²) < 4.78 is 22.3. The SMILES string of the molecule is CO[C@@H]1O[C@H](C=C(Cl)Cl)[C@H]2OC(C)(C)O[C@@H]12. The Bertz CT molecular complexity index is 301. The van der Waals surface area contributed by atoms with Crippen molar-refractivity contribution in [2.75, 3.05) is 7.11 Å². The van der Waals surface area contributed by atoms with Crippen LogP contribution >= 0.6 is 23.2 Å². The third-order valence-electron chi connectivity index (χ3n) is 2.57. The molecule has 2 aliphatic heterocycles. The molecule has 2 heterocycles. The van der Waals surface area contributed by atoms with Gasteiger partial charge in [0.05, 0.1) is 0 Å². The average Bonchev–Trinajstić information content (AvgIpc) is 2.60. The van der Waals surface area contributed by atoms with Gasteiger partial charge in [-0.05, 0) is 19.9 Å². The molecule has 0 saturated carbocycles. The second-order valence-corrected chi connectivity index (χ2v) is 5.23. The van der Waals surface area contributed by atoms with Crippen molar-refractivity contribution in [1.29, 1.82) is 0 Å². The maximum Gasteiger partial charge on any atom is 0.187 e.